The van der Waals surface area contributed by atoms with E-state index in [1.165, 1.54) is 19.2 Å². The zero-order valence-corrected chi connectivity index (χ0v) is 8.34. The molecule has 0 bridgehead atoms. The summed E-state index contributed by atoms with van der Waals surface area (Å²) >= 11 is 5.79. The number of phenols is 1. The average molecular weight is 216 g/mol. The molecule has 0 aliphatic carbocycles. The number of Topliss-reactive ketones (excluding diaryl/α,β-unsaturated/α-hetero) is 1. The molecular formula is C9H10ClNO3. The Labute approximate surface area is 86.2 Å². The first-order valence-corrected chi connectivity index (χ1v) is 4.27. The van der Waals surface area contributed by atoms with E-state index in [2.05, 4.69) is 0 Å². The summed E-state index contributed by atoms with van der Waals surface area (Å²) in [5.74, 6) is -0.231. The number of methoxy groups -OCH3 is 1. The zero-order valence-electron chi connectivity index (χ0n) is 7.58. The van der Waals surface area contributed by atoms with Crippen molar-refractivity contribution in [2.75, 3.05) is 13.7 Å². The van der Waals surface area contributed by atoms with Crippen molar-refractivity contribution in [3.05, 3.63) is 22.7 Å². The van der Waals surface area contributed by atoms with Crippen molar-refractivity contribution < 1.29 is 14.6 Å². The summed E-state index contributed by atoms with van der Waals surface area (Å²) in [5.41, 5.74) is 5.37. The van der Waals surface area contributed by atoms with Crippen molar-refractivity contribution in [1.82, 2.24) is 0 Å². The first-order chi connectivity index (χ1) is 6.60. The van der Waals surface area contributed by atoms with Crippen LogP contribution in [0, 0.1) is 0 Å². The second kappa shape index (κ2) is 4.30. The molecule has 5 heteroatoms. The van der Waals surface area contributed by atoms with Crippen LogP contribution in [0.15, 0.2) is 12.1 Å². The number of rotatable bonds is 3. The van der Waals surface area contributed by atoms with Crippen molar-refractivity contribution in [2.24, 2.45) is 5.73 Å². The summed E-state index contributed by atoms with van der Waals surface area (Å²) < 4.78 is 4.82. The molecule has 0 aromatic heterocycles. The molecule has 0 amide bonds. The second-order valence-electron chi connectivity index (χ2n) is 2.63. The Morgan fingerprint density at radius 2 is 2.29 bits per heavy atom. The minimum atomic E-state index is -0.326. The van der Waals surface area contributed by atoms with Gasteiger partial charge in [-0.2, -0.15) is 0 Å². The molecule has 0 fully saturated rings. The molecule has 76 valence electrons. The van der Waals surface area contributed by atoms with Gasteiger partial charge in [0.15, 0.2) is 17.3 Å². The maximum absolute atomic E-state index is 11.2. The molecule has 4 nitrogen and oxygen atoms in total. The first kappa shape index (κ1) is 10.8. The van der Waals surface area contributed by atoms with Gasteiger partial charge in [-0.05, 0) is 6.07 Å². The van der Waals surface area contributed by atoms with Crippen molar-refractivity contribution in [2.45, 2.75) is 0 Å². The van der Waals surface area contributed by atoms with E-state index in [1.807, 2.05) is 0 Å². The smallest absolute Gasteiger partial charge is 0.178 e. The minimum Gasteiger partial charge on any atom is -0.504 e. The lowest BCUT2D eigenvalue weighted by atomic mass is 10.1. The van der Waals surface area contributed by atoms with Crippen LogP contribution in [0.4, 0.5) is 0 Å². The van der Waals surface area contributed by atoms with Crippen LogP contribution in [0.1, 0.15) is 10.4 Å². The number of ether oxygens (including phenoxy) is 1. The molecule has 0 atom stereocenters. The standard InChI is InChI=1S/C9H10ClNO3/c1-14-9-3-6(10)5(2-7(9)12)8(13)4-11/h2-3,12H,4,11H2,1H3. The topological polar surface area (TPSA) is 72.5 Å². The normalized spacial score (nSPS) is 9.93. The monoisotopic (exact) mass is 215 g/mol. The third kappa shape index (κ3) is 1.97. The van der Waals surface area contributed by atoms with E-state index in [0.717, 1.165) is 0 Å². The molecule has 1 aromatic rings. The van der Waals surface area contributed by atoms with Crippen LogP contribution in [-0.4, -0.2) is 24.5 Å². The van der Waals surface area contributed by atoms with Gasteiger partial charge < -0.3 is 15.6 Å². The van der Waals surface area contributed by atoms with Crippen LogP contribution in [0.2, 0.25) is 5.02 Å². The molecule has 1 aromatic carbocycles. The number of hydrogen-bond acceptors (Lipinski definition) is 4. The predicted octanol–water partition coefficient (Wildman–Crippen LogP) is 1.20. The quantitative estimate of drug-likeness (QED) is 0.743. The van der Waals surface area contributed by atoms with Crippen molar-refractivity contribution >= 4 is 17.4 Å². The van der Waals surface area contributed by atoms with E-state index in [4.69, 9.17) is 22.1 Å². The fourth-order valence-corrected chi connectivity index (χ4v) is 1.29. The van der Waals surface area contributed by atoms with Gasteiger partial charge in [0.1, 0.15) is 0 Å². The number of halogens is 1. The van der Waals surface area contributed by atoms with E-state index >= 15 is 0 Å². The van der Waals surface area contributed by atoms with Gasteiger partial charge in [0.2, 0.25) is 0 Å². The molecular weight excluding hydrogens is 206 g/mol. The number of nitrogens with two attached hydrogens (primary N) is 1. The van der Waals surface area contributed by atoms with Crippen LogP contribution >= 0.6 is 11.6 Å². The predicted molar refractivity (Wildman–Crippen MR) is 53.1 cm³/mol. The van der Waals surface area contributed by atoms with Crippen molar-refractivity contribution in [3.63, 3.8) is 0 Å². The Morgan fingerprint density at radius 3 is 2.79 bits per heavy atom. The number of hydrogen-bond donors (Lipinski definition) is 2. The molecule has 1 rings (SSSR count). The zero-order chi connectivity index (χ0) is 10.7. The van der Waals surface area contributed by atoms with Crippen LogP contribution in [0.25, 0.3) is 0 Å². The molecule has 3 N–H and O–H groups in total. The van der Waals surface area contributed by atoms with Crippen LogP contribution < -0.4 is 10.5 Å². The van der Waals surface area contributed by atoms with Gasteiger partial charge in [-0.15, -0.1) is 0 Å². The van der Waals surface area contributed by atoms with Crippen molar-refractivity contribution in [1.29, 1.82) is 0 Å². The van der Waals surface area contributed by atoms with Gasteiger partial charge in [-0.3, -0.25) is 4.79 Å². The summed E-state index contributed by atoms with van der Waals surface area (Å²) in [6, 6.07) is 2.62. The molecule has 0 aliphatic rings. The maximum Gasteiger partial charge on any atom is 0.178 e. The lowest BCUT2D eigenvalue weighted by molar-refractivity contribution is 0.100. The molecule has 14 heavy (non-hydrogen) atoms. The Kier molecular flexibility index (Phi) is 3.33. The minimum absolute atomic E-state index is 0.131. The summed E-state index contributed by atoms with van der Waals surface area (Å²) in [6.45, 7) is -0.147. The molecule has 0 heterocycles. The highest BCUT2D eigenvalue weighted by atomic mass is 35.5. The Bertz CT molecular complexity index is 365. The van der Waals surface area contributed by atoms with Crippen molar-refractivity contribution in [3.8, 4) is 11.5 Å². The second-order valence-corrected chi connectivity index (χ2v) is 3.04. The molecule has 0 saturated heterocycles. The molecule has 0 aliphatic heterocycles. The first-order valence-electron chi connectivity index (χ1n) is 3.90. The van der Waals surface area contributed by atoms with Crippen LogP contribution in [-0.2, 0) is 0 Å². The van der Waals surface area contributed by atoms with E-state index in [1.54, 1.807) is 0 Å². The summed E-state index contributed by atoms with van der Waals surface area (Å²) in [7, 11) is 1.40. The molecule has 0 unspecified atom stereocenters. The molecule has 0 saturated carbocycles. The Morgan fingerprint density at radius 1 is 1.64 bits per heavy atom. The number of ketones is 1. The highest BCUT2D eigenvalue weighted by Crippen LogP contribution is 2.32. The molecule has 0 radical (unpaired) electrons. The Hall–Kier alpha value is -1.26. The Balaban J connectivity index is 3.21. The number of carbonyl (C=O) groups excluding carboxylic acids is 1. The van der Waals surface area contributed by atoms with Gasteiger partial charge in [-0.1, -0.05) is 11.6 Å². The van der Waals surface area contributed by atoms with Crippen LogP contribution in [0.3, 0.4) is 0 Å². The largest absolute Gasteiger partial charge is 0.504 e. The van der Waals surface area contributed by atoms with Gasteiger partial charge >= 0.3 is 0 Å². The van der Waals surface area contributed by atoms with E-state index in [0.29, 0.717) is 0 Å². The van der Waals surface area contributed by atoms with Crippen LogP contribution in [0.5, 0.6) is 11.5 Å². The lowest BCUT2D eigenvalue weighted by Gasteiger charge is -2.07. The summed E-state index contributed by atoms with van der Waals surface area (Å²) in [5, 5.41) is 9.60. The van der Waals surface area contributed by atoms with Gasteiger partial charge in [0.25, 0.3) is 0 Å². The SMILES string of the molecule is COc1cc(Cl)c(C(=O)CN)cc1O. The van der Waals surface area contributed by atoms with Gasteiger partial charge in [0, 0.05) is 11.6 Å². The highest BCUT2D eigenvalue weighted by molar-refractivity contribution is 6.34. The van der Waals surface area contributed by atoms with E-state index < -0.39 is 0 Å². The number of aromatic hydroxyl groups is 1. The maximum atomic E-state index is 11.2. The molecule has 0 spiro atoms. The number of carbonyl (C=O) groups is 1. The average Bonchev–Trinajstić information content (AvgIpc) is 2.19. The lowest BCUT2D eigenvalue weighted by Crippen LogP contribution is -2.13. The summed E-state index contributed by atoms with van der Waals surface area (Å²) in [6.07, 6.45) is 0. The number of benzene rings is 1. The van der Waals surface area contributed by atoms with Gasteiger partial charge in [0.05, 0.1) is 18.7 Å². The van der Waals surface area contributed by atoms with E-state index in [9.17, 15) is 9.90 Å². The fourth-order valence-electron chi connectivity index (χ4n) is 1.03. The third-order valence-electron chi connectivity index (χ3n) is 1.75. The van der Waals surface area contributed by atoms with Gasteiger partial charge in [-0.25, -0.2) is 0 Å². The van der Waals surface area contributed by atoms with E-state index in [-0.39, 0.29) is 34.4 Å². The highest BCUT2D eigenvalue weighted by Gasteiger charge is 2.13. The number of phenolic OH excluding ortho intramolecular Hbond substituents is 1. The third-order valence-corrected chi connectivity index (χ3v) is 2.07. The fraction of sp³-hybridized carbons (Fsp3) is 0.222. The summed E-state index contributed by atoms with van der Waals surface area (Å²) in [4.78, 5) is 11.2.